The van der Waals surface area contributed by atoms with Crippen LogP contribution in [0, 0.1) is 6.92 Å². The van der Waals surface area contributed by atoms with E-state index in [1.54, 1.807) is 18.0 Å². The van der Waals surface area contributed by atoms with Crippen molar-refractivity contribution in [3.8, 4) is 0 Å². The molecule has 0 spiro atoms. The number of nitrogens with zero attached hydrogens (tertiary/aromatic N) is 1. The molecule has 0 aliphatic heterocycles. The highest BCUT2D eigenvalue weighted by molar-refractivity contribution is 9.10. The predicted molar refractivity (Wildman–Crippen MR) is 80.8 cm³/mol. The molecule has 2 nitrogen and oxygen atoms in total. The van der Waals surface area contributed by atoms with Crippen molar-refractivity contribution >= 4 is 27.7 Å². The summed E-state index contributed by atoms with van der Waals surface area (Å²) < 4.78 is 1.02. The molecule has 18 heavy (non-hydrogen) atoms. The van der Waals surface area contributed by atoms with Gasteiger partial charge in [-0.1, -0.05) is 36.0 Å². The van der Waals surface area contributed by atoms with Crippen LogP contribution in [0.3, 0.4) is 0 Å². The average Bonchev–Trinajstić information content (AvgIpc) is 2.39. The van der Waals surface area contributed by atoms with Crippen LogP contribution in [0.5, 0.6) is 0 Å². The van der Waals surface area contributed by atoms with Crippen LogP contribution in [-0.4, -0.2) is 11.5 Å². The molecule has 0 radical (unpaired) electrons. The maximum Gasteiger partial charge on any atom is 0.111 e. The Bertz CT molecular complexity index is 531. The van der Waals surface area contributed by atoms with Crippen molar-refractivity contribution in [1.29, 1.82) is 0 Å². The summed E-state index contributed by atoms with van der Waals surface area (Å²) in [6.07, 6.45) is 1.80. The van der Waals surface area contributed by atoms with E-state index in [1.807, 2.05) is 18.2 Å². The minimum Gasteiger partial charge on any atom is -0.329 e. The van der Waals surface area contributed by atoms with Gasteiger partial charge in [0, 0.05) is 22.5 Å². The first-order valence-corrected chi connectivity index (χ1v) is 7.42. The van der Waals surface area contributed by atoms with Crippen LogP contribution in [0.1, 0.15) is 16.4 Å². The SMILES string of the molecule is Cc1ccccc1C(CN)Sc1ncccc1Br. The van der Waals surface area contributed by atoms with Crippen LogP contribution < -0.4 is 5.73 Å². The molecule has 0 amide bonds. The summed E-state index contributed by atoms with van der Waals surface area (Å²) in [5.41, 5.74) is 8.46. The molecule has 1 aromatic carbocycles. The molecule has 2 aromatic rings. The second-order valence-corrected chi connectivity index (χ2v) is 6.03. The summed E-state index contributed by atoms with van der Waals surface area (Å²) in [7, 11) is 0. The molecule has 0 saturated carbocycles. The van der Waals surface area contributed by atoms with Crippen molar-refractivity contribution in [2.45, 2.75) is 17.2 Å². The molecule has 0 bridgehead atoms. The first-order chi connectivity index (χ1) is 8.72. The van der Waals surface area contributed by atoms with Crippen molar-refractivity contribution in [2.75, 3.05) is 6.54 Å². The molecule has 0 saturated heterocycles. The summed E-state index contributed by atoms with van der Waals surface area (Å²) in [5.74, 6) is 0. The van der Waals surface area contributed by atoms with E-state index in [4.69, 9.17) is 5.73 Å². The molecule has 1 aromatic heterocycles. The average molecular weight is 323 g/mol. The molecule has 4 heteroatoms. The smallest absolute Gasteiger partial charge is 0.111 e. The van der Waals surface area contributed by atoms with Crippen LogP contribution in [0.4, 0.5) is 0 Å². The lowest BCUT2D eigenvalue weighted by atomic mass is 10.1. The van der Waals surface area contributed by atoms with E-state index in [0.29, 0.717) is 6.54 Å². The van der Waals surface area contributed by atoms with Gasteiger partial charge in [-0.25, -0.2) is 4.98 Å². The van der Waals surface area contributed by atoms with E-state index >= 15 is 0 Å². The minimum absolute atomic E-state index is 0.234. The second kappa shape index (κ2) is 6.36. The third kappa shape index (κ3) is 3.13. The van der Waals surface area contributed by atoms with Crippen molar-refractivity contribution in [3.63, 3.8) is 0 Å². The number of aryl methyl sites for hydroxylation is 1. The number of aromatic nitrogens is 1. The number of hydrogen-bond acceptors (Lipinski definition) is 3. The van der Waals surface area contributed by atoms with E-state index in [2.05, 4.69) is 46.0 Å². The molecule has 94 valence electrons. The largest absolute Gasteiger partial charge is 0.329 e. The van der Waals surface area contributed by atoms with Crippen molar-refractivity contribution < 1.29 is 0 Å². The van der Waals surface area contributed by atoms with Gasteiger partial charge in [-0.2, -0.15) is 0 Å². The fraction of sp³-hybridized carbons (Fsp3) is 0.214. The third-order valence-electron chi connectivity index (χ3n) is 2.73. The summed E-state index contributed by atoms with van der Waals surface area (Å²) in [6, 6.07) is 12.3. The Balaban J connectivity index is 2.26. The van der Waals surface area contributed by atoms with Crippen molar-refractivity contribution in [3.05, 3.63) is 58.2 Å². The Hall–Kier alpha value is -0.840. The zero-order chi connectivity index (χ0) is 13.0. The topological polar surface area (TPSA) is 38.9 Å². The number of pyridine rings is 1. The van der Waals surface area contributed by atoms with E-state index < -0.39 is 0 Å². The van der Waals surface area contributed by atoms with Gasteiger partial charge < -0.3 is 5.73 Å². The Labute approximate surface area is 120 Å². The lowest BCUT2D eigenvalue weighted by Crippen LogP contribution is -2.10. The third-order valence-corrected chi connectivity index (χ3v) is 4.91. The highest BCUT2D eigenvalue weighted by Gasteiger charge is 2.15. The predicted octanol–water partition coefficient (Wildman–Crippen LogP) is 3.94. The van der Waals surface area contributed by atoms with Gasteiger partial charge in [0.25, 0.3) is 0 Å². The quantitative estimate of drug-likeness (QED) is 0.866. The Kier molecular flexibility index (Phi) is 4.80. The monoisotopic (exact) mass is 322 g/mol. The zero-order valence-corrected chi connectivity index (χ0v) is 12.5. The first-order valence-electron chi connectivity index (χ1n) is 5.75. The van der Waals surface area contributed by atoms with Gasteiger partial charge in [-0.05, 0) is 46.1 Å². The van der Waals surface area contributed by atoms with E-state index in [1.165, 1.54) is 11.1 Å². The maximum atomic E-state index is 5.91. The van der Waals surface area contributed by atoms with Gasteiger partial charge in [-0.15, -0.1) is 0 Å². The van der Waals surface area contributed by atoms with Gasteiger partial charge >= 0.3 is 0 Å². The molecule has 2 N–H and O–H groups in total. The van der Waals surface area contributed by atoms with Gasteiger partial charge in [0.1, 0.15) is 5.03 Å². The normalized spacial score (nSPS) is 12.4. The van der Waals surface area contributed by atoms with Crippen LogP contribution in [0.15, 0.2) is 52.1 Å². The number of rotatable bonds is 4. The maximum absolute atomic E-state index is 5.91. The number of nitrogens with two attached hydrogens (primary N) is 1. The number of thioether (sulfide) groups is 1. The van der Waals surface area contributed by atoms with Crippen LogP contribution in [-0.2, 0) is 0 Å². The highest BCUT2D eigenvalue weighted by atomic mass is 79.9. The summed E-state index contributed by atoms with van der Waals surface area (Å²) in [6.45, 7) is 2.71. The lowest BCUT2D eigenvalue weighted by molar-refractivity contribution is 0.924. The van der Waals surface area contributed by atoms with Crippen LogP contribution in [0.25, 0.3) is 0 Å². The van der Waals surface area contributed by atoms with Gasteiger partial charge in [-0.3, -0.25) is 0 Å². The van der Waals surface area contributed by atoms with Crippen molar-refractivity contribution in [2.24, 2.45) is 5.73 Å². The standard InChI is InChI=1S/C14H15BrN2S/c1-10-5-2-3-6-11(10)13(9-16)18-14-12(15)7-4-8-17-14/h2-8,13H,9,16H2,1H3. The fourth-order valence-corrected chi connectivity index (χ4v) is 3.37. The highest BCUT2D eigenvalue weighted by Crippen LogP contribution is 2.37. The zero-order valence-electron chi connectivity index (χ0n) is 10.1. The van der Waals surface area contributed by atoms with E-state index in [-0.39, 0.29) is 5.25 Å². The molecular weight excluding hydrogens is 308 g/mol. The Morgan fingerprint density at radius 2 is 2.06 bits per heavy atom. The molecular formula is C14H15BrN2S. The van der Waals surface area contributed by atoms with Gasteiger partial charge in [0.15, 0.2) is 0 Å². The lowest BCUT2D eigenvalue weighted by Gasteiger charge is -2.17. The Morgan fingerprint density at radius 1 is 1.28 bits per heavy atom. The van der Waals surface area contributed by atoms with Gasteiger partial charge in [0.05, 0.1) is 0 Å². The summed E-state index contributed by atoms with van der Waals surface area (Å²) in [4.78, 5) is 4.38. The number of hydrogen-bond donors (Lipinski definition) is 1. The number of benzene rings is 1. The summed E-state index contributed by atoms with van der Waals surface area (Å²) >= 11 is 5.22. The molecule has 0 fully saturated rings. The van der Waals surface area contributed by atoms with E-state index in [9.17, 15) is 0 Å². The second-order valence-electron chi connectivity index (χ2n) is 3.99. The minimum atomic E-state index is 0.234. The number of halogens is 1. The Morgan fingerprint density at radius 3 is 2.72 bits per heavy atom. The molecule has 2 rings (SSSR count). The molecule has 1 atom stereocenters. The molecule has 1 heterocycles. The fourth-order valence-electron chi connectivity index (χ4n) is 1.78. The first kappa shape index (κ1) is 13.6. The van der Waals surface area contributed by atoms with Gasteiger partial charge in [0.2, 0.25) is 0 Å². The molecule has 0 aliphatic carbocycles. The van der Waals surface area contributed by atoms with Crippen LogP contribution in [0.2, 0.25) is 0 Å². The molecule has 1 unspecified atom stereocenters. The van der Waals surface area contributed by atoms with E-state index in [0.717, 1.165) is 9.50 Å². The summed E-state index contributed by atoms with van der Waals surface area (Å²) in [5, 5.41) is 1.22. The van der Waals surface area contributed by atoms with Crippen LogP contribution >= 0.6 is 27.7 Å². The molecule has 0 aliphatic rings. The van der Waals surface area contributed by atoms with Crippen molar-refractivity contribution in [1.82, 2.24) is 4.98 Å².